The Morgan fingerprint density at radius 1 is 1.14 bits per heavy atom. The first-order chi connectivity index (χ1) is 10.1. The maximum absolute atomic E-state index is 9.80. The number of hydrogen-bond acceptors (Lipinski definition) is 2. The number of aliphatic hydroxyl groups excluding tert-OH is 1. The Kier molecular flexibility index (Phi) is 4.16. The monoisotopic (exact) mass is 345 g/mol. The Morgan fingerprint density at radius 3 is 2.48 bits per heavy atom. The predicted molar refractivity (Wildman–Crippen MR) is 89.1 cm³/mol. The molecule has 0 unspecified atom stereocenters. The number of aliphatic hydroxyl groups is 1. The van der Waals surface area contributed by atoms with Crippen molar-refractivity contribution >= 4 is 15.9 Å². The van der Waals surface area contributed by atoms with E-state index in [1.165, 1.54) is 16.7 Å². The molecule has 0 heterocycles. The first-order valence-electron chi connectivity index (χ1n) is 7.33. The van der Waals surface area contributed by atoms with Crippen molar-refractivity contribution in [1.82, 2.24) is 5.32 Å². The Bertz CT molecular complexity index is 600. The van der Waals surface area contributed by atoms with Gasteiger partial charge < -0.3 is 10.4 Å². The molecule has 2 aromatic rings. The summed E-state index contributed by atoms with van der Waals surface area (Å²) in [5.74, 6) is 0. The van der Waals surface area contributed by atoms with E-state index in [2.05, 4.69) is 70.6 Å². The van der Waals surface area contributed by atoms with Gasteiger partial charge in [0, 0.05) is 16.6 Å². The summed E-state index contributed by atoms with van der Waals surface area (Å²) in [7, 11) is 0. The lowest BCUT2D eigenvalue weighted by molar-refractivity contribution is -0.00216. The van der Waals surface area contributed by atoms with Gasteiger partial charge in [-0.05, 0) is 42.5 Å². The highest BCUT2D eigenvalue weighted by molar-refractivity contribution is 9.10. The van der Waals surface area contributed by atoms with E-state index in [9.17, 15) is 5.11 Å². The molecule has 0 saturated heterocycles. The number of aryl methyl sites for hydroxylation is 1. The number of benzene rings is 2. The van der Waals surface area contributed by atoms with Crippen LogP contribution < -0.4 is 5.32 Å². The van der Waals surface area contributed by atoms with Crippen molar-refractivity contribution in [3.05, 3.63) is 69.7 Å². The Hall–Kier alpha value is -1.16. The molecule has 21 heavy (non-hydrogen) atoms. The summed E-state index contributed by atoms with van der Waals surface area (Å²) in [4.78, 5) is 0. The molecule has 110 valence electrons. The highest BCUT2D eigenvalue weighted by Gasteiger charge is 2.44. The summed E-state index contributed by atoms with van der Waals surface area (Å²) in [5.41, 5.74) is 3.73. The molecule has 1 fully saturated rings. The number of rotatable bonds is 4. The fraction of sp³-hybridized carbons (Fsp3) is 0.333. The second kappa shape index (κ2) is 5.91. The van der Waals surface area contributed by atoms with Crippen molar-refractivity contribution in [2.75, 3.05) is 0 Å². The summed E-state index contributed by atoms with van der Waals surface area (Å²) < 4.78 is 1.14. The molecule has 2 nitrogen and oxygen atoms in total. The van der Waals surface area contributed by atoms with Gasteiger partial charge in [-0.25, -0.2) is 0 Å². The molecule has 0 radical (unpaired) electrons. The first kappa shape index (κ1) is 14.8. The number of nitrogens with one attached hydrogen (secondary N) is 1. The van der Waals surface area contributed by atoms with Crippen LogP contribution >= 0.6 is 15.9 Å². The molecule has 0 aromatic heterocycles. The topological polar surface area (TPSA) is 32.3 Å². The van der Waals surface area contributed by atoms with E-state index in [-0.39, 0.29) is 11.6 Å². The van der Waals surface area contributed by atoms with Crippen LogP contribution in [0.1, 0.15) is 29.5 Å². The number of hydrogen-bond donors (Lipinski definition) is 2. The molecule has 0 bridgehead atoms. The van der Waals surface area contributed by atoms with Gasteiger partial charge in [0.25, 0.3) is 0 Å². The molecular formula is C18H20BrNO. The summed E-state index contributed by atoms with van der Waals surface area (Å²) in [6.07, 6.45) is 1.36. The SMILES string of the molecule is Cc1cccc(Br)c1CNC1(c2ccccc2)CC(O)C1. The second-order valence-corrected chi connectivity index (χ2v) is 6.75. The highest BCUT2D eigenvalue weighted by Crippen LogP contribution is 2.42. The molecule has 2 aromatic carbocycles. The lowest BCUT2D eigenvalue weighted by Gasteiger charge is -2.47. The Morgan fingerprint density at radius 2 is 1.86 bits per heavy atom. The minimum absolute atomic E-state index is 0.0948. The third-order valence-electron chi connectivity index (χ3n) is 4.45. The maximum Gasteiger partial charge on any atom is 0.0582 e. The molecule has 3 rings (SSSR count). The van der Waals surface area contributed by atoms with Gasteiger partial charge in [-0.1, -0.05) is 58.4 Å². The summed E-state index contributed by atoms with van der Waals surface area (Å²) in [5, 5.41) is 13.5. The fourth-order valence-corrected chi connectivity index (χ4v) is 3.74. The van der Waals surface area contributed by atoms with Gasteiger partial charge in [0.1, 0.15) is 0 Å². The van der Waals surface area contributed by atoms with E-state index in [1.807, 2.05) is 6.07 Å². The van der Waals surface area contributed by atoms with E-state index >= 15 is 0 Å². The van der Waals surface area contributed by atoms with Gasteiger partial charge in [0.2, 0.25) is 0 Å². The molecule has 3 heteroatoms. The van der Waals surface area contributed by atoms with Crippen molar-refractivity contribution in [1.29, 1.82) is 0 Å². The molecule has 1 aliphatic rings. The predicted octanol–water partition coefficient (Wildman–Crippen LogP) is 3.90. The van der Waals surface area contributed by atoms with Gasteiger partial charge in [0.15, 0.2) is 0 Å². The van der Waals surface area contributed by atoms with Crippen LogP contribution in [0, 0.1) is 6.92 Å². The Balaban J connectivity index is 1.81. The highest BCUT2D eigenvalue weighted by atomic mass is 79.9. The van der Waals surface area contributed by atoms with Crippen LogP contribution in [0.4, 0.5) is 0 Å². The molecule has 0 amide bonds. The maximum atomic E-state index is 9.80. The molecular weight excluding hydrogens is 326 g/mol. The van der Waals surface area contributed by atoms with Crippen LogP contribution in [0.3, 0.4) is 0 Å². The van der Waals surface area contributed by atoms with Crippen molar-refractivity contribution in [2.24, 2.45) is 0 Å². The van der Waals surface area contributed by atoms with Crippen LogP contribution in [0.25, 0.3) is 0 Å². The van der Waals surface area contributed by atoms with Gasteiger partial charge >= 0.3 is 0 Å². The van der Waals surface area contributed by atoms with Crippen molar-refractivity contribution in [2.45, 2.75) is 38.0 Å². The molecule has 2 N–H and O–H groups in total. The van der Waals surface area contributed by atoms with Gasteiger partial charge in [-0.2, -0.15) is 0 Å². The van der Waals surface area contributed by atoms with Crippen molar-refractivity contribution in [3.8, 4) is 0 Å². The minimum Gasteiger partial charge on any atom is -0.393 e. The molecule has 0 atom stereocenters. The van der Waals surface area contributed by atoms with Gasteiger partial charge in [-0.3, -0.25) is 0 Å². The zero-order valence-corrected chi connectivity index (χ0v) is 13.7. The van der Waals surface area contributed by atoms with Gasteiger partial charge in [-0.15, -0.1) is 0 Å². The first-order valence-corrected chi connectivity index (χ1v) is 8.13. The minimum atomic E-state index is -0.196. The van der Waals surface area contributed by atoms with Crippen molar-refractivity contribution in [3.63, 3.8) is 0 Å². The van der Waals surface area contributed by atoms with Crippen LogP contribution in [0.2, 0.25) is 0 Å². The summed E-state index contributed by atoms with van der Waals surface area (Å²) in [6.45, 7) is 2.93. The summed E-state index contributed by atoms with van der Waals surface area (Å²) in [6, 6.07) is 16.7. The Labute approximate surface area is 134 Å². The van der Waals surface area contributed by atoms with E-state index in [1.54, 1.807) is 0 Å². The molecule has 1 saturated carbocycles. The lowest BCUT2D eigenvalue weighted by Crippen LogP contribution is -2.54. The van der Waals surface area contributed by atoms with E-state index in [0.29, 0.717) is 0 Å². The van der Waals surface area contributed by atoms with Crippen LogP contribution in [0.15, 0.2) is 53.0 Å². The quantitative estimate of drug-likeness (QED) is 0.880. The lowest BCUT2D eigenvalue weighted by atomic mass is 9.69. The van der Waals surface area contributed by atoms with Crippen molar-refractivity contribution < 1.29 is 5.11 Å². The van der Waals surface area contributed by atoms with E-state index in [4.69, 9.17) is 0 Å². The fourth-order valence-electron chi connectivity index (χ4n) is 3.13. The standard InChI is InChI=1S/C18H20BrNO/c1-13-6-5-9-17(19)16(13)12-20-18(10-15(21)11-18)14-7-3-2-4-8-14/h2-9,15,20-21H,10-12H2,1H3. The average Bonchev–Trinajstić information content (AvgIpc) is 2.45. The van der Waals surface area contributed by atoms with Crippen LogP contribution in [-0.2, 0) is 12.1 Å². The largest absolute Gasteiger partial charge is 0.393 e. The zero-order chi connectivity index (χ0) is 14.9. The molecule has 0 spiro atoms. The van der Waals surface area contributed by atoms with Gasteiger partial charge in [0.05, 0.1) is 6.10 Å². The zero-order valence-electron chi connectivity index (χ0n) is 12.1. The van der Waals surface area contributed by atoms with Crippen LogP contribution in [-0.4, -0.2) is 11.2 Å². The summed E-state index contributed by atoms with van der Waals surface area (Å²) >= 11 is 3.63. The number of halogens is 1. The van der Waals surface area contributed by atoms with E-state index in [0.717, 1.165) is 23.9 Å². The third-order valence-corrected chi connectivity index (χ3v) is 5.19. The van der Waals surface area contributed by atoms with E-state index < -0.39 is 0 Å². The normalized spacial score (nSPS) is 24.6. The van der Waals surface area contributed by atoms with Crippen LogP contribution in [0.5, 0.6) is 0 Å². The average molecular weight is 346 g/mol. The second-order valence-electron chi connectivity index (χ2n) is 5.90. The molecule has 1 aliphatic carbocycles. The third kappa shape index (κ3) is 2.91. The smallest absolute Gasteiger partial charge is 0.0582 e. The molecule has 0 aliphatic heterocycles.